The van der Waals surface area contributed by atoms with Crippen LogP contribution in [0.25, 0.3) is 0 Å². The molecule has 0 bridgehead atoms. The molecule has 16 heavy (non-hydrogen) atoms. The average molecular weight is 238 g/mol. The maximum atomic E-state index is 10.8. The number of aromatic carboxylic acids is 1. The molecule has 2 rings (SSSR count). The summed E-state index contributed by atoms with van der Waals surface area (Å²) in [5.74, 6) is -0.991. The van der Waals surface area contributed by atoms with Crippen molar-refractivity contribution in [3.63, 3.8) is 0 Å². The van der Waals surface area contributed by atoms with Crippen molar-refractivity contribution in [3.8, 4) is 0 Å². The Kier molecular flexibility index (Phi) is 3.15. The molecule has 84 valence electrons. The fourth-order valence-electron chi connectivity index (χ4n) is 1.75. The number of hydrogen-bond donors (Lipinski definition) is 1. The lowest BCUT2D eigenvalue weighted by Crippen LogP contribution is -2.26. The zero-order valence-electron chi connectivity index (χ0n) is 8.69. The Morgan fingerprint density at radius 2 is 2.19 bits per heavy atom. The summed E-state index contributed by atoms with van der Waals surface area (Å²) in [5.41, 5.74) is 1.12. The number of anilines is 1. The molecule has 1 heterocycles. The molecule has 0 spiro atoms. The van der Waals surface area contributed by atoms with Crippen molar-refractivity contribution >= 4 is 23.3 Å². The molecule has 1 aromatic carbocycles. The van der Waals surface area contributed by atoms with Crippen LogP contribution in [0.15, 0.2) is 30.4 Å². The molecule has 1 N–H and O–H groups in total. The van der Waals surface area contributed by atoms with Gasteiger partial charge in [0.2, 0.25) is 0 Å². The van der Waals surface area contributed by atoms with Crippen molar-refractivity contribution in [1.29, 1.82) is 0 Å². The van der Waals surface area contributed by atoms with Gasteiger partial charge in [0, 0.05) is 18.8 Å². The van der Waals surface area contributed by atoms with Crippen molar-refractivity contribution < 1.29 is 9.90 Å². The molecular formula is C12H12ClNO2. The molecule has 0 radical (unpaired) electrons. The van der Waals surface area contributed by atoms with Crippen LogP contribution >= 0.6 is 11.6 Å². The first-order chi connectivity index (χ1) is 7.68. The van der Waals surface area contributed by atoms with Gasteiger partial charge in [0.25, 0.3) is 0 Å². The highest BCUT2D eigenvalue weighted by Crippen LogP contribution is 2.24. The summed E-state index contributed by atoms with van der Waals surface area (Å²) in [6.07, 6.45) is 5.25. The average Bonchev–Trinajstić information content (AvgIpc) is 2.29. The molecule has 0 unspecified atom stereocenters. The van der Waals surface area contributed by atoms with Crippen molar-refractivity contribution in [2.45, 2.75) is 6.42 Å². The van der Waals surface area contributed by atoms with Crippen molar-refractivity contribution in [1.82, 2.24) is 0 Å². The summed E-state index contributed by atoms with van der Waals surface area (Å²) in [6, 6.07) is 5.07. The van der Waals surface area contributed by atoms with E-state index in [-0.39, 0.29) is 5.56 Å². The third-order valence-corrected chi connectivity index (χ3v) is 2.92. The van der Waals surface area contributed by atoms with Gasteiger partial charge in [-0.1, -0.05) is 23.8 Å². The minimum Gasteiger partial charge on any atom is -0.478 e. The predicted molar refractivity (Wildman–Crippen MR) is 64.4 cm³/mol. The quantitative estimate of drug-likeness (QED) is 0.805. The van der Waals surface area contributed by atoms with Crippen LogP contribution in [0, 0.1) is 0 Å². The van der Waals surface area contributed by atoms with E-state index >= 15 is 0 Å². The molecule has 0 amide bonds. The molecule has 0 aliphatic carbocycles. The van der Waals surface area contributed by atoms with E-state index in [9.17, 15) is 4.79 Å². The van der Waals surface area contributed by atoms with Crippen LogP contribution in [0.3, 0.4) is 0 Å². The third kappa shape index (κ3) is 2.19. The van der Waals surface area contributed by atoms with Gasteiger partial charge in [-0.05, 0) is 24.6 Å². The van der Waals surface area contributed by atoms with Crippen molar-refractivity contribution in [2.75, 3.05) is 18.0 Å². The zero-order chi connectivity index (χ0) is 11.5. The van der Waals surface area contributed by atoms with Crippen LogP contribution in [-0.2, 0) is 0 Å². The smallest absolute Gasteiger partial charge is 0.337 e. The van der Waals surface area contributed by atoms with Crippen LogP contribution in [0.2, 0.25) is 5.02 Å². The van der Waals surface area contributed by atoms with Gasteiger partial charge < -0.3 is 10.0 Å². The number of carboxylic acid groups (broad SMARTS) is 1. The monoisotopic (exact) mass is 237 g/mol. The van der Waals surface area contributed by atoms with Gasteiger partial charge in [-0.15, -0.1) is 0 Å². The van der Waals surface area contributed by atoms with Gasteiger partial charge in [0.1, 0.15) is 0 Å². The SMILES string of the molecule is O=C(O)c1ccc(N2CC=CCC2)cc1Cl. The van der Waals surface area contributed by atoms with Crippen LogP contribution in [0.1, 0.15) is 16.8 Å². The third-order valence-electron chi connectivity index (χ3n) is 2.61. The Hall–Kier alpha value is -1.48. The van der Waals surface area contributed by atoms with Gasteiger partial charge in [-0.2, -0.15) is 0 Å². The standard InChI is InChI=1S/C12H12ClNO2/c13-11-8-9(4-5-10(11)12(15)16)14-6-2-1-3-7-14/h1-2,4-5,8H,3,6-7H2,(H,15,16). The predicted octanol–water partition coefficient (Wildman–Crippen LogP) is 2.80. The normalized spacial score (nSPS) is 15.2. The number of carboxylic acids is 1. The number of halogens is 1. The van der Waals surface area contributed by atoms with Crippen LogP contribution in [0.4, 0.5) is 5.69 Å². The molecule has 0 saturated heterocycles. The van der Waals surface area contributed by atoms with Crippen molar-refractivity contribution in [3.05, 3.63) is 40.9 Å². The Labute approximate surface area is 98.9 Å². The maximum absolute atomic E-state index is 10.8. The molecule has 0 fully saturated rings. The minimum atomic E-state index is -0.991. The van der Waals surface area contributed by atoms with Crippen LogP contribution in [-0.4, -0.2) is 24.2 Å². The lowest BCUT2D eigenvalue weighted by atomic mass is 10.1. The largest absolute Gasteiger partial charge is 0.478 e. The number of carbonyl (C=O) groups is 1. The molecule has 0 aromatic heterocycles. The second kappa shape index (κ2) is 4.58. The van der Waals surface area contributed by atoms with E-state index in [1.807, 2.05) is 0 Å². The van der Waals surface area contributed by atoms with E-state index in [2.05, 4.69) is 17.1 Å². The number of benzene rings is 1. The Bertz CT molecular complexity index is 443. The first kappa shape index (κ1) is 11.0. The van der Waals surface area contributed by atoms with E-state index in [1.54, 1.807) is 18.2 Å². The lowest BCUT2D eigenvalue weighted by molar-refractivity contribution is 0.0697. The van der Waals surface area contributed by atoms with Crippen LogP contribution < -0.4 is 4.90 Å². The lowest BCUT2D eigenvalue weighted by Gasteiger charge is -2.25. The van der Waals surface area contributed by atoms with Crippen LogP contribution in [0.5, 0.6) is 0 Å². The molecule has 1 aliphatic rings. The minimum absolute atomic E-state index is 0.151. The molecule has 0 atom stereocenters. The highest BCUT2D eigenvalue weighted by atomic mass is 35.5. The number of nitrogens with zero attached hydrogens (tertiary/aromatic N) is 1. The summed E-state index contributed by atoms with van der Waals surface area (Å²) in [6.45, 7) is 1.79. The summed E-state index contributed by atoms with van der Waals surface area (Å²) in [7, 11) is 0. The van der Waals surface area contributed by atoms with Gasteiger partial charge in [0.15, 0.2) is 0 Å². The highest BCUT2D eigenvalue weighted by molar-refractivity contribution is 6.33. The van der Waals surface area contributed by atoms with E-state index in [0.29, 0.717) is 5.02 Å². The Morgan fingerprint density at radius 1 is 1.38 bits per heavy atom. The Morgan fingerprint density at radius 3 is 2.75 bits per heavy atom. The molecular weight excluding hydrogens is 226 g/mol. The van der Waals surface area contributed by atoms with E-state index < -0.39 is 5.97 Å². The molecule has 3 nitrogen and oxygen atoms in total. The van der Waals surface area contributed by atoms with Gasteiger partial charge in [-0.3, -0.25) is 0 Å². The van der Waals surface area contributed by atoms with E-state index in [1.165, 1.54) is 0 Å². The van der Waals surface area contributed by atoms with E-state index in [0.717, 1.165) is 25.2 Å². The molecule has 0 saturated carbocycles. The summed E-state index contributed by atoms with van der Waals surface area (Å²) in [4.78, 5) is 13.0. The molecule has 4 heteroatoms. The van der Waals surface area contributed by atoms with Gasteiger partial charge in [0.05, 0.1) is 10.6 Å². The van der Waals surface area contributed by atoms with E-state index in [4.69, 9.17) is 16.7 Å². The summed E-state index contributed by atoms with van der Waals surface area (Å²) < 4.78 is 0. The molecule has 1 aromatic rings. The second-order valence-corrected chi connectivity index (χ2v) is 4.08. The number of hydrogen-bond acceptors (Lipinski definition) is 2. The Balaban J connectivity index is 2.26. The first-order valence-corrected chi connectivity index (χ1v) is 5.49. The molecule has 1 aliphatic heterocycles. The fraction of sp³-hybridized carbons (Fsp3) is 0.250. The second-order valence-electron chi connectivity index (χ2n) is 3.68. The van der Waals surface area contributed by atoms with Crippen molar-refractivity contribution in [2.24, 2.45) is 0 Å². The first-order valence-electron chi connectivity index (χ1n) is 5.11. The van der Waals surface area contributed by atoms with Gasteiger partial charge >= 0.3 is 5.97 Å². The fourth-order valence-corrected chi connectivity index (χ4v) is 2.01. The summed E-state index contributed by atoms with van der Waals surface area (Å²) >= 11 is 5.92. The summed E-state index contributed by atoms with van der Waals surface area (Å²) in [5, 5.41) is 9.15. The maximum Gasteiger partial charge on any atom is 0.337 e. The van der Waals surface area contributed by atoms with Gasteiger partial charge in [-0.25, -0.2) is 4.79 Å². The topological polar surface area (TPSA) is 40.5 Å². The highest BCUT2D eigenvalue weighted by Gasteiger charge is 2.12. The number of rotatable bonds is 2. The zero-order valence-corrected chi connectivity index (χ0v) is 9.44.